The number of quaternary nitrogens is 1. The molecule has 0 aromatic carbocycles. The van der Waals surface area contributed by atoms with Crippen molar-refractivity contribution in [3.05, 3.63) is 34.8 Å². The fourth-order valence-electron chi connectivity index (χ4n) is 8.18. The smallest absolute Gasteiger partial charge is 0.306 e. The molecule has 1 unspecified atom stereocenters. The number of likely N-dealkylation sites (N-methyl/N-ethyl adjacent to an activating group) is 1. The number of phosphoric acid groups is 1. The van der Waals surface area contributed by atoms with E-state index in [9.17, 15) is 39.2 Å². The molecule has 3 N–H and O–H groups in total. The molecule has 376 valence electrons. The van der Waals surface area contributed by atoms with Crippen LogP contribution in [0.5, 0.6) is 0 Å². The molecule has 0 aliphatic heterocycles. The molecule has 1 aromatic heterocycles. The summed E-state index contributed by atoms with van der Waals surface area (Å²) in [6, 6.07) is 0. The number of ketones is 1. The van der Waals surface area contributed by atoms with E-state index in [2.05, 4.69) is 27.7 Å². The summed E-state index contributed by atoms with van der Waals surface area (Å²) in [4.78, 5) is 50.9. The van der Waals surface area contributed by atoms with Gasteiger partial charge in [0.15, 0.2) is 6.10 Å². The van der Waals surface area contributed by atoms with Crippen LogP contribution in [-0.2, 0) is 50.3 Å². The van der Waals surface area contributed by atoms with Gasteiger partial charge in [-0.15, -0.1) is 0 Å². The molecule has 1 saturated carbocycles. The van der Waals surface area contributed by atoms with Gasteiger partial charge < -0.3 is 47.6 Å². The number of carbonyl (C=O) groups is 3. The number of Topliss-reactive ketones (excluding diaryl/α,β-unsaturated/α-hetero) is 1. The van der Waals surface area contributed by atoms with Crippen LogP contribution in [0.25, 0.3) is 0 Å². The second-order valence-electron chi connectivity index (χ2n) is 19.4. The lowest BCUT2D eigenvalue weighted by molar-refractivity contribution is -0.870. The maximum atomic E-state index is 12.9. The van der Waals surface area contributed by atoms with E-state index in [-0.39, 0.29) is 44.5 Å². The zero-order valence-electron chi connectivity index (χ0n) is 41.2. The lowest BCUT2D eigenvalue weighted by atomic mass is 9.87. The molecule has 1 aliphatic rings. The first kappa shape index (κ1) is 58.7. The maximum absolute atomic E-state index is 12.9. The van der Waals surface area contributed by atoms with E-state index < -0.39 is 69.2 Å². The Balaban J connectivity index is 1.75. The van der Waals surface area contributed by atoms with Gasteiger partial charge in [0.25, 0.3) is 7.82 Å². The Morgan fingerprint density at radius 2 is 1.32 bits per heavy atom. The minimum absolute atomic E-state index is 0.0154. The van der Waals surface area contributed by atoms with E-state index in [4.69, 9.17) is 22.9 Å². The molecule has 7 atom stereocenters. The summed E-state index contributed by atoms with van der Waals surface area (Å²) in [5.41, 5.74) is 2.61. The molecule has 1 aliphatic carbocycles. The van der Waals surface area contributed by atoms with Gasteiger partial charge in [0, 0.05) is 56.8 Å². The van der Waals surface area contributed by atoms with E-state index in [1.807, 2.05) is 21.1 Å². The zero-order chi connectivity index (χ0) is 48.3. The first-order chi connectivity index (χ1) is 30.9. The molecule has 0 saturated heterocycles. The standard InChI is InChI=1S/C50H88NO13P/c1-8-10-18-24-40(52)30-31-43-44(46(55)35-45(43)54)34-41(53)25-22-23-28-49(56)60-36-42(37-62-65(58,59)61-33-32-51(5,6)7)63-50(57)29-21-17-15-13-12-14-16-20-27-48-39(4)38(3)47(64-48)26-19-11-9-2/h30-31,40,42-46,52,54-55H,8-29,32-37H2,1-7H3/b31-30+/t40-,42+,43+,44+,45+,46-/m0/s1. The molecule has 0 amide bonds. The minimum Gasteiger partial charge on any atom is -0.756 e. The van der Waals surface area contributed by atoms with Crippen molar-refractivity contribution in [3.8, 4) is 0 Å². The highest BCUT2D eigenvalue weighted by atomic mass is 31.2. The van der Waals surface area contributed by atoms with Crippen LogP contribution in [0.1, 0.15) is 178 Å². The van der Waals surface area contributed by atoms with E-state index in [1.54, 1.807) is 12.2 Å². The highest BCUT2D eigenvalue weighted by Crippen LogP contribution is 2.39. The van der Waals surface area contributed by atoms with Crippen LogP contribution < -0.4 is 4.89 Å². The van der Waals surface area contributed by atoms with Gasteiger partial charge in [0.05, 0.1) is 46.1 Å². The number of furan rings is 1. The molecule has 0 spiro atoms. The number of hydrogen-bond acceptors (Lipinski definition) is 13. The number of phosphoric ester groups is 1. The van der Waals surface area contributed by atoms with Crippen molar-refractivity contribution in [3.63, 3.8) is 0 Å². The van der Waals surface area contributed by atoms with Crippen molar-refractivity contribution < 1.29 is 66.6 Å². The number of aliphatic hydroxyl groups is 3. The van der Waals surface area contributed by atoms with Crippen LogP contribution >= 0.6 is 7.82 Å². The minimum atomic E-state index is -4.73. The van der Waals surface area contributed by atoms with Crippen LogP contribution in [-0.4, -0.2) is 109 Å². The average Bonchev–Trinajstić information content (AvgIpc) is 3.66. The number of esters is 2. The van der Waals surface area contributed by atoms with Crippen LogP contribution in [0.3, 0.4) is 0 Å². The van der Waals surface area contributed by atoms with Crippen LogP contribution in [0.15, 0.2) is 16.6 Å². The SMILES string of the molecule is CCCCCc1oc(CCCCCCCCCCC(=O)O[C@H](COC(=O)CCCCC(=O)C[C@@H]2[C@@H](/C=C/[C@@H](O)CCCCC)[C@H](O)C[C@@H]2O)COP(=O)([O-])OCC[N+](C)(C)C)c(C)c1C. The van der Waals surface area contributed by atoms with Crippen LogP contribution in [0.4, 0.5) is 0 Å². The summed E-state index contributed by atoms with van der Waals surface area (Å²) < 4.78 is 40.1. The van der Waals surface area contributed by atoms with Gasteiger partial charge in [-0.25, -0.2) is 0 Å². The molecule has 1 heterocycles. The van der Waals surface area contributed by atoms with Crippen molar-refractivity contribution in [2.45, 2.75) is 206 Å². The van der Waals surface area contributed by atoms with Gasteiger partial charge >= 0.3 is 11.9 Å². The molecule has 15 heteroatoms. The monoisotopic (exact) mass is 942 g/mol. The van der Waals surface area contributed by atoms with E-state index in [0.717, 1.165) is 88.6 Å². The maximum Gasteiger partial charge on any atom is 0.306 e. The summed E-state index contributed by atoms with van der Waals surface area (Å²) >= 11 is 0. The Labute approximate surface area is 391 Å². The lowest BCUT2D eigenvalue weighted by Crippen LogP contribution is -2.37. The Bertz CT molecular complexity index is 1570. The van der Waals surface area contributed by atoms with Gasteiger partial charge in [-0.3, -0.25) is 18.9 Å². The fourth-order valence-corrected chi connectivity index (χ4v) is 8.91. The van der Waals surface area contributed by atoms with Crippen molar-refractivity contribution in [1.29, 1.82) is 0 Å². The molecule has 1 fully saturated rings. The average molecular weight is 942 g/mol. The van der Waals surface area contributed by atoms with Gasteiger partial charge in [0.2, 0.25) is 0 Å². The first-order valence-corrected chi connectivity index (χ1v) is 26.4. The van der Waals surface area contributed by atoms with Crippen molar-refractivity contribution in [2.24, 2.45) is 11.8 Å². The molecule has 2 rings (SSSR count). The zero-order valence-corrected chi connectivity index (χ0v) is 42.1. The number of nitrogens with zero attached hydrogens (tertiary/aromatic N) is 1. The Hall–Kier alpha value is -2.42. The van der Waals surface area contributed by atoms with Crippen molar-refractivity contribution in [1.82, 2.24) is 0 Å². The molecule has 0 bridgehead atoms. The largest absolute Gasteiger partial charge is 0.756 e. The van der Waals surface area contributed by atoms with Gasteiger partial charge in [0.1, 0.15) is 37.1 Å². The Morgan fingerprint density at radius 1 is 0.769 bits per heavy atom. The summed E-state index contributed by atoms with van der Waals surface area (Å²) in [5, 5.41) is 31.4. The van der Waals surface area contributed by atoms with Crippen molar-refractivity contribution in [2.75, 3.05) is 47.5 Å². The first-order valence-electron chi connectivity index (χ1n) is 24.9. The van der Waals surface area contributed by atoms with Gasteiger partial charge in [-0.2, -0.15) is 0 Å². The highest BCUT2D eigenvalue weighted by molar-refractivity contribution is 7.45. The van der Waals surface area contributed by atoms with E-state index in [1.165, 1.54) is 30.4 Å². The third-order valence-electron chi connectivity index (χ3n) is 12.5. The summed E-state index contributed by atoms with van der Waals surface area (Å²) in [7, 11) is 0.944. The summed E-state index contributed by atoms with van der Waals surface area (Å²) in [5.74, 6) is 0.147. The van der Waals surface area contributed by atoms with E-state index in [0.29, 0.717) is 36.7 Å². The third kappa shape index (κ3) is 26.1. The quantitative estimate of drug-likeness (QED) is 0.0187. The van der Waals surface area contributed by atoms with E-state index >= 15 is 0 Å². The van der Waals surface area contributed by atoms with Crippen molar-refractivity contribution >= 4 is 25.5 Å². The number of aryl methyl sites for hydroxylation is 2. The number of unbranched alkanes of at least 4 members (excludes halogenated alkanes) is 12. The predicted octanol–water partition coefficient (Wildman–Crippen LogP) is 8.72. The molecule has 0 radical (unpaired) electrons. The normalized spacial score (nSPS) is 19.7. The lowest BCUT2D eigenvalue weighted by Gasteiger charge is -2.28. The van der Waals surface area contributed by atoms with Crippen LogP contribution in [0.2, 0.25) is 0 Å². The second kappa shape index (κ2) is 32.4. The summed E-state index contributed by atoms with van der Waals surface area (Å²) in [6.45, 7) is 7.97. The number of hydrogen-bond donors (Lipinski definition) is 3. The summed E-state index contributed by atoms with van der Waals surface area (Å²) in [6.07, 6.45) is 18.4. The molecule has 65 heavy (non-hydrogen) atoms. The number of aliphatic hydroxyl groups excluding tert-OH is 3. The number of ether oxygens (including phenoxy) is 2. The Kier molecular flexibility index (Phi) is 29.2. The molecule has 14 nitrogen and oxygen atoms in total. The molecular weight excluding hydrogens is 854 g/mol. The third-order valence-corrected chi connectivity index (χ3v) is 13.4. The van der Waals surface area contributed by atoms with Gasteiger partial charge in [-0.1, -0.05) is 96.6 Å². The molecular formula is C50H88NO13P. The van der Waals surface area contributed by atoms with Crippen LogP contribution in [0, 0.1) is 25.7 Å². The highest BCUT2D eigenvalue weighted by Gasteiger charge is 2.41. The topological polar surface area (TPSA) is 202 Å². The Morgan fingerprint density at radius 3 is 1.95 bits per heavy atom. The number of rotatable bonds is 38. The second-order valence-corrected chi connectivity index (χ2v) is 20.8. The molecule has 1 aromatic rings. The predicted molar refractivity (Wildman–Crippen MR) is 251 cm³/mol. The number of carbonyl (C=O) groups excluding carboxylic acids is 3. The fraction of sp³-hybridized carbons (Fsp3) is 0.820. The van der Waals surface area contributed by atoms with Gasteiger partial charge in [-0.05, 0) is 63.5 Å².